The van der Waals surface area contributed by atoms with E-state index in [1.165, 1.54) is 19.3 Å². The number of nitrogens with zero attached hydrogens (tertiary/aromatic N) is 1. The van der Waals surface area contributed by atoms with Crippen LogP contribution in [0.25, 0.3) is 0 Å². The van der Waals surface area contributed by atoms with E-state index < -0.39 is 5.91 Å². The molecule has 0 aromatic heterocycles. The fraction of sp³-hybridized carbons (Fsp3) is 0.533. The molecule has 1 heterocycles. The van der Waals surface area contributed by atoms with Crippen LogP contribution >= 0.6 is 0 Å². The molecule has 1 amide bonds. The third-order valence-electron chi connectivity index (χ3n) is 3.93. The van der Waals surface area contributed by atoms with Gasteiger partial charge in [0.25, 0.3) is 0 Å². The molecule has 2 rings (SSSR count). The fourth-order valence-corrected chi connectivity index (χ4v) is 2.61. The lowest BCUT2D eigenvalue weighted by molar-refractivity contribution is 0.100. The van der Waals surface area contributed by atoms with Crippen molar-refractivity contribution in [3.8, 4) is 0 Å². The summed E-state index contributed by atoms with van der Waals surface area (Å²) < 4.78 is 0. The van der Waals surface area contributed by atoms with E-state index in [-0.39, 0.29) is 0 Å². The van der Waals surface area contributed by atoms with Gasteiger partial charge in [-0.05, 0) is 56.0 Å². The Morgan fingerprint density at radius 1 is 1.37 bits per heavy atom. The molecule has 1 aliphatic rings. The Labute approximate surface area is 114 Å². The normalized spacial score (nSPS) is 21.0. The Kier molecular flexibility index (Phi) is 4.43. The zero-order valence-electron chi connectivity index (χ0n) is 11.6. The standard InChI is InChI=1S/C15H23N3O/c1-11-3-2-7-18(8-6-11)10-13-5-4-12(15(17)19)9-14(13)16/h4-5,9,11H,2-3,6-8,10,16H2,1H3,(H2,17,19). The molecule has 0 saturated carbocycles. The number of anilines is 1. The van der Waals surface area contributed by atoms with Crippen LogP contribution in [0.1, 0.15) is 42.1 Å². The van der Waals surface area contributed by atoms with E-state index in [0.29, 0.717) is 11.3 Å². The fourth-order valence-electron chi connectivity index (χ4n) is 2.61. The predicted octanol–water partition coefficient (Wildman–Crippen LogP) is 1.99. The van der Waals surface area contributed by atoms with Gasteiger partial charge in [0.2, 0.25) is 5.91 Å². The van der Waals surface area contributed by atoms with Gasteiger partial charge in [0, 0.05) is 17.8 Å². The second kappa shape index (κ2) is 6.06. The molecule has 0 aliphatic carbocycles. The first-order valence-electron chi connectivity index (χ1n) is 6.97. The number of carbonyl (C=O) groups is 1. The number of amides is 1. The average molecular weight is 261 g/mol. The maximum Gasteiger partial charge on any atom is 0.248 e. The van der Waals surface area contributed by atoms with Crippen molar-refractivity contribution in [2.45, 2.75) is 32.7 Å². The highest BCUT2D eigenvalue weighted by molar-refractivity contribution is 5.93. The minimum Gasteiger partial charge on any atom is -0.398 e. The molecule has 1 fully saturated rings. The molecule has 1 saturated heterocycles. The molecule has 4 N–H and O–H groups in total. The van der Waals surface area contributed by atoms with E-state index in [4.69, 9.17) is 11.5 Å². The molecule has 0 spiro atoms. The van der Waals surface area contributed by atoms with Gasteiger partial charge < -0.3 is 11.5 Å². The molecule has 1 unspecified atom stereocenters. The third kappa shape index (κ3) is 3.70. The van der Waals surface area contributed by atoms with Crippen molar-refractivity contribution in [3.63, 3.8) is 0 Å². The van der Waals surface area contributed by atoms with Crippen LogP contribution in [0.5, 0.6) is 0 Å². The quantitative estimate of drug-likeness (QED) is 0.817. The molecular formula is C15H23N3O. The number of carbonyl (C=O) groups excluding carboxylic acids is 1. The van der Waals surface area contributed by atoms with Gasteiger partial charge in [-0.2, -0.15) is 0 Å². The predicted molar refractivity (Wildman–Crippen MR) is 77.7 cm³/mol. The summed E-state index contributed by atoms with van der Waals surface area (Å²) in [6, 6.07) is 5.36. The van der Waals surface area contributed by atoms with Gasteiger partial charge in [0.1, 0.15) is 0 Å². The summed E-state index contributed by atoms with van der Waals surface area (Å²) in [7, 11) is 0. The lowest BCUT2D eigenvalue weighted by Gasteiger charge is -2.21. The second-order valence-corrected chi connectivity index (χ2v) is 5.59. The summed E-state index contributed by atoms with van der Waals surface area (Å²) in [6.07, 6.45) is 3.81. The number of nitrogens with two attached hydrogens (primary N) is 2. The molecule has 19 heavy (non-hydrogen) atoms. The summed E-state index contributed by atoms with van der Waals surface area (Å²) in [6.45, 7) is 5.43. The van der Waals surface area contributed by atoms with Crippen molar-refractivity contribution >= 4 is 11.6 Å². The van der Waals surface area contributed by atoms with Crippen LogP contribution in [0.2, 0.25) is 0 Å². The highest BCUT2D eigenvalue weighted by Crippen LogP contribution is 2.21. The SMILES string of the molecule is CC1CCCN(Cc2ccc(C(N)=O)cc2N)CC1. The van der Waals surface area contributed by atoms with Crippen molar-refractivity contribution < 1.29 is 4.79 Å². The molecular weight excluding hydrogens is 238 g/mol. The highest BCUT2D eigenvalue weighted by Gasteiger charge is 2.15. The average Bonchev–Trinajstić information content (AvgIpc) is 2.57. The Morgan fingerprint density at radius 3 is 2.84 bits per heavy atom. The van der Waals surface area contributed by atoms with Crippen LogP contribution in [-0.4, -0.2) is 23.9 Å². The van der Waals surface area contributed by atoms with Crippen molar-refractivity contribution in [2.24, 2.45) is 11.7 Å². The minimum absolute atomic E-state index is 0.429. The van der Waals surface area contributed by atoms with Gasteiger partial charge in [-0.3, -0.25) is 9.69 Å². The Bertz CT molecular complexity index is 459. The Hall–Kier alpha value is -1.55. The number of likely N-dealkylation sites (tertiary alicyclic amines) is 1. The van der Waals surface area contributed by atoms with E-state index in [1.54, 1.807) is 12.1 Å². The van der Waals surface area contributed by atoms with Gasteiger partial charge in [-0.15, -0.1) is 0 Å². The smallest absolute Gasteiger partial charge is 0.248 e. The molecule has 4 heteroatoms. The van der Waals surface area contributed by atoms with Crippen molar-refractivity contribution in [1.29, 1.82) is 0 Å². The summed E-state index contributed by atoms with van der Waals surface area (Å²) >= 11 is 0. The van der Waals surface area contributed by atoms with Gasteiger partial charge in [0.15, 0.2) is 0 Å². The molecule has 4 nitrogen and oxygen atoms in total. The maximum atomic E-state index is 11.1. The number of rotatable bonds is 3. The Balaban J connectivity index is 2.04. The molecule has 104 valence electrons. The van der Waals surface area contributed by atoms with E-state index >= 15 is 0 Å². The molecule has 1 aromatic rings. The number of primary amides is 1. The van der Waals surface area contributed by atoms with Gasteiger partial charge in [0.05, 0.1) is 0 Å². The lowest BCUT2D eigenvalue weighted by Crippen LogP contribution is -2.25. The molecule has 0 bridgehead atoms. The van der Waals surface area contributed by atoms with Crippen molar-refractivity contribution in [3.05, 3.63) is 29.3 Å². The first kappa shape index (κ1) is 13.9. The Morgan fingerprint density at radius 2 is 2.16 bits per heavy atom. The van der Waals surface area contributed by atoms with Crippen LogP contribution in [0.3, 0.4) is 0 Å². The summed E-state index contributed by atoms with van der Waals surface area (Å²) in [5.41, 5.74) is 13.5. The van der Waals surface area contributed by atoms with Crippen molar-refractivity contribution in [1.82, 2.24) is 4.90 Å². The van der Waals surface area contributed by atoms with Crippen molar-refractivity contribution in [2.75, 3.05) is 18.8 Å². The first-order valence-corrected chi connectivity index (χ1v) is 6.97. The van der Waals surface area contributed by atoms with Gasteiger partial charge in [-0.1, -0.05) is 13.0 Å². The summed E-state index contributed by atoms with van der Waals surface area (Å²) in [4.78, 5) is 13.5. The first-order chi connectivity index (χ1) is 9.06. The number of hydrogen-bond acceptors (Lipinski definition) is 3. The molecule has 1 aromatic carbocycles. The summed E-state index contributed by atoms with van der Waals surface area (Å²) in [5.74, 6) is 0.390. The topological polar surface area (TPSA) is 72.3 Å². The van der Waals surface area contributed by atoms with E-state index in [0.717, 1.165) is 31.1 Å². The van der Waals surface area contributed by atoms with Gasteiger partial charge in [-0.25, -0.2) is 0 Å². The van der Waals surface area contributed by atoms with Crippen LogP contribution in [0.15, 0.2) is 18.2 Å². The van der Waals surface area contributed by atoms with E-state index in [2.05, 4.69) is 11.8 Å². The molecule has 0 radical (unpaired) electrons. The zero-order valence-corrected chi connectivity index (χ0v) is 11.6. The van der Waals surface area contributed by atoms with Gasteiger partial charge >= 0.3 is 0 Å². The number of benzene rings is 1. The summed E-state index contributed by atoms with van der Waals surface area (Å²) in [5, 5.41) is 0. The highest BCUT2D eigenvalue weighted by atomic mass is 16.1. The second-order valence-electron chi connectivity index (χ2n) is 5.59. The van der Waals surface area contributed by atoms with Crippen LogP contribution < -0.4 is 11.5 Å². The lowest BCUT2D eigenvalue weighted by atomic mass is 10.0. The van der Waals surface area contributed by atoms with E-state index in [9.17, 15) is 4.79 Å². The molecule has 1 aliphatic heterocycles. The van der Waals surface area contributed by atoms with Crippen LogP contribution in [0, 0.1) is 5.92 Å². The van der Waals surface area contributed by atoms with E-state index in [1.807, 2.05) is 6.07 Å². The molecule has 1 atom stereocenters. The van der Waals surface area contributed by atoms with Crippen LogP contribution in [-0.2, 0) is 6.54 Å². The monoisotopic (exact) mass is 261 g/mol. The minimum atomic E-state index is -0.429. The van der Waals surface area contributed by atoms with Crippen LogP contribution in [0.4, 0.5) is 5.69 Å². The maximum absolute atomic E-state index is 11.1. The number of nitrogen functional groups attached to an aromatic ring is 1. The number of hydrogen-bond donors (Lipinski definition) is 2. The zero-order chi connectivity index (χ0) is 13.8. The third-order valence-corrected chi connectivity index (χ3v) is 3.93. The largest absolute Gasteiger partial charge is 0.398 e.